The van der Waals surface area contributed by atoms with Gasteiger partial charge in [-0.3, -0.25) is 0 Å². The average Bonchev–Trinajstić information content (AvgIpc) is 2.39. The second kappa shape index (κ2) is 6.54. The van der Waals surface area contributed by atoms with E-state index in [1.807, 2.05) is 6.92 Å². The Kier molecular flexibility index (Phi) is 4.76. The number of anilines is 2. The number of nitrogens with zero attached hydrogens (tertiary/aromatic N) is 4. The summed E-state index contributed by atoms with van der Waals surface area (Å²) in [6.45, 7) is 6.10. The van der Waals surface area contributed by atoms with Crippen LogP contribution < -0.4 is 15.4 Å². The maximum absolute atomic E-state index is 5.75. The number of nitrogen functional groups attached to an aromatic ring is 1. The largest absolute Gasteiger partial charge is 0.460 e. The molecule has 1 aromatic rings. The summed E-state index contributed by atoms with van der Waals surface area (Å²) in [4.78, 5) is 14.8. The van der Waals surface area contributed by atoms with E-state index in [-0.39, 0.29) is 12.1 Å². The van der Waals surface area contributed by atoms with Crippen LogP contribution >= 0.6 is 0 Å². The fourth-order valence-electron chi connectivity index (χ4n) is 2.29. The fourth-order valence-corrected chi connectivity index (χ4v) is 2.29. The molecule has 1 aliphatic rings. The van der Waals surface area contributed by atoms with E-state index in [4.69, 9.17) is 10.5 Å². The summed E-state index contributed by atoms with van der Waals surface area (Å²) in [7, 11) is 0. The van der Waals surface area contributed by atoms with Gasteiger partial charge >= 0.3 is 6.01 Å². The molecule has 0 bridgehead atoms. The zero-order valence-electron chi connectivity index (χ0n) is 11.8. The summed E-state index contributed by atoms with van der Waals surface area (Å²) in [5, 5.41) is 0. The lowest BCUT2D eigenvalue weighted by Gasteiger charge is -2.26. The van der Waals surface area contributed by atoms with Gasteiger partial charge in [0.2, 0.25) is 11.9 Å². The van der Waals surface area contributed by atoms with E-state index in [2.05, 4.69) is 26.8 Å². The number of nitrogens with two attached hydrogens (primary N) is 1. The Bertz CT molecular complexity index is 406. The molecule has 0 amide bonds. The van der Waals surface area contributed by atoms with Crippen molar-refractivity contribution in [3.8, 4) is 6.01 Å². The zero-order chi connectivity index (χ0) is 13.7. The van der Waals surface area contributed by atoms with Crippen LogP contribution in [0.1, 0.15) is 46.0 Å². The van der Waals surface area contributed by atoms with E-state index in [0.717, 1.165) is 25.9 Å². The highest BCUT2D eigenvalue weighted by Gasteiger charge is 2.16. The third kappa shape index (κ3) is 3.94. The van der Waals surface area contributed by atoms with E-state index in [1.165, 1.54) is 19.3 Å². The van der Waals surface area contributed by atoms with Crippen molar-refractivity contribution in [2.45, 2.75) is 52.1 Å². The van der Waals surface area contributed by atoms with Crippen molar-refractivity contribution < 1.29 is 4.74 Å². The molecular weight excluding hydrogens is 242 g/mol. The van der Waals surface area contributed by atoms with Gasteiger partial charge in [-0.15, -0.1) is 0 Å². The predicted octanol–water partition coefficient (Wildman–Crippen LogP) is 2.01. The first-order chi connectivity index (χ1) is 9.19. The molecule has 1 aliphatic heterocycles. The average molecular weight is 265 g/mol. The van der Waals surface area contributed by atoms with Crippen molar-refractivity contribution in [2.24, 2.45) is 0 Å². The molecule has 2 heterocycles. The van der Waals surface area contributed by atoms with Crippen molar-refractivity contribution in [1.82, 2.24) is 15.0 Å². The highest BCUT2D eigenvalue weighted by molar-refractivity contribution is 5.36. The monoisotopic (exact) mass is 265 g/mol. The van der Waals surface area contributed by atoms with Crippen molar-refractivity contribution in [2.75, 3.05) is 23.7 Å². The summed E-state index contributed by atoms with van der Waals surface area (Å²) in [5.74, 6) is 0.875. The second-order valence-electron chi connectivity index (χ2n) is 5.04. The molecule has 0 aromatic carbocycles. The lowest BCUT2D eigenvalue weighted by Crippen LogP contribution is -2.31. The molecule has 2 N–H and O–H groups in total. The topological polar surface area (TPSA) is 77.2 Å². The van der Waals surface area contributed by atoms with Crippen LogP contribution in [0.25, 0.3) is 0 Å². The number of hydrogen-bond acceptors (Lipinski definition) is 6. The first-order valence-corrected chi connectivity index (χ1v) is 7.12. The lowest BCUT2D eigenvalue weighted by molar-refractivity contribution is 0.192. The summed E-state index contributed by atoms with van der Waals surface area (Å²) >= 11 is 0. The fraction of sp³-hybridized carbons (Fsp3) is 0.769. The van der Waals surface area contributed by atoms with Crippen molar-refractivity contribution >= 4 is 11.9 Å². The van der Waals surface area contributed by atoms with Crippen LogP contribution in [-0.4, -0.2) is 34.1 Å². The molecule has 1 saturated heterocycles. The molecule has 0 spiro atoms. The molecular formula is C13H23N5O. The zero-order valence-corrected chi connectivity index (χ0v) is 11.8. The molecule has 0 radical (unpaired) electrons. The Morgan fingerprint density at radius 3 is 2.63 bits per heavy atom. The van der Waals surface area contributed by atoms with Gasteiger partial charge < -0.3 is 15.4 Å². The number of hydrogen-bond donors (Lipinski definition) is 1. The summed E-state index contributed by atoms with van der Waals surface area (Å²) in [6, 6.07) is 0.342. The molecule has 2 rings (SSSR count). The van der Waals surface area contributed by atoms with Gasteiger partial charge in [-0.05, 0) is 32.6 Å². The highest BCUT2D eigenvalue weighted by atomic mass is 16.5. The SMILES string of the molecule is CCCC(C)Oc1nc(N)nc(N2CCCCC2)n1. The van der Waals surface area contributed by atoms with Crippen LogP contribution in [0.3, 0.4) is 0 Å². The van der Waals surface area contributed by atoms with Crippen LogP contribution in [-0.2, 0) is 0 Å². The Morgan fingerprint density at radius 1 is 1.21 bits per heavy atom. The minimum absolute atomic E-state index is 0.0982. The smallest absolute Gasteiger partial charge is 0.323 e. The van der Waals surface area contributed by atoms with Gasteiger partial charge in [-0.25, -0.2) is 0 Å². The predicted molar refractivity (Wildman–Crippen MR) is 75.3 cm³/mol. The van der Waals surface area contributed by atoms with Crippen LogP contribution in [0.15, 0.2) is 0 Å². The van der Waals surface area contributed by atoms with E-state index >= 15 is 0 Å². The third-order valence-corrected chi connectivity index (χ3v) is 3.26. The molecule has 106 valence electrons. The normalized spacial score (nSPS) is 17.3. The highest BCUT2D eigenvalue weighted by Crippen LogP contribution is 2.19. The van der Waals surface area contributed by atoms with E-state index in [1.54, 1.807) is 0 Å². The first kappa shape index (κ1) is 13.8. The third-order valence-electron chi connectivity index (χ3n) is 3.26. The molecule has 6 nitrogen and oxygen atoms in total. The molecule has 0 aliphatic carbocycles. The first-order valence-electron chi connectivity index (χ1n) is 7.12. The summed E-state index contributed by atoms with van der Waals surface area (Å²) in [6.07, 6.45) is 5.77. The number of aromatic nitrogens is 3. The molecule has 0 saturated carbocycles. The molecule has 1 atom stereocenters. The Hall–Kier alpha value is -1.59. The summed E-state index contributed by atoms with van der Waals surface area (Å²) in [5.41, 5.74) is 5.75. The Morgan fingerprint density at radius 2 is 1.95 bits per heavy atom. The van der Waals surface area contributed by atoms with Crippen LogP contribution in [0.2, 0.25) is 0 Å². The van der Waals surface area contributed by atoms with Gasteiger partial charge in [-0.1, -0.05) is 13.3 Å². The standard InChI is InChI=1S/C13H23N5O/c1-3-7-10(2)19-13-16-11(14)15-12(17-13)18-8-5-4-6-9-18/h10H,3-9H2,1-2H3,(H2,14,15,16,17). The van der Waals surface area contributed by atoms with Crippen molar-refractivity contribution in [3.63, 3.8) is 0 Å². The molecule has 1 fully saturated rings. The maximum Gasteiger partial charge on any atom is 0.323 e. The Labute approximate surface area is 114 Å². The van der Waals surface area contributed by atoms with Gasteiger partial charge in [0.15, 0.2) is 0 Å². The minimum Gasteiger partial charge on any atom is -0.460 e. The van der Waals surface area contributed by atoms with Gasteiger partial charge in [0.25, 0.3) is 0 Å². The van der Waals surface area contributed by atoms with Gasteiger partial charge in [0, 0.05) is 13.1 Å². The second-order valence-corrected chi connectivity index (χ2v) is 5.04. The molecule has 6 heteroatoms. The quantitative estimate of drug-likeness (QED) is 0.877. The van der Waals surface area contributed by atoms with Gasteiger partial charge in [-0.2, -0.15) is 15.0 Å². The maximum atomic E-state index is 5.75. The molecule has 1 aromatic heterocycles. The number of ether oxygens (including phenoxy) is 1. The minimum atomic E-state index is 0.0982. The van der Waals surface area contributed by atoms with Crippen molar-refractivity contribution in [1.29, 1.82) is 0 Å². The van der Waals surface area contributed by atoms with E-state index < -0.39 is 0 Å². The Balaban J connectivity index is 2.09. The van der Waals surface area contributed by atoms with Crippen molar-refractivity contribution in [3.05, 3.63) is 0 Å². The molecule has 1 unspecified atom stereocenters. The van der Waals surface area contributed by atoms with E-state index in [0.29, 0.717) is 12.0 Å². The van der Waals surface area contributed by atoms with Gasteiger partial charge in [0.1, 0.15) is 0 Å². The number of piperidine rings is 1. The lowest BCUT2D eigenvalue weighted by atomic mass is 10.1. The van der Waals surface area contributed by atoms with Gasteiger partial charge in [0.05, 0.1) is 6.10 Å². The van der Waals surface area contributed by atoms with E-state index in [9.17, 15) is 0 Å². The van der Waals surface area contributed by atoms with Crippen LogP contribution in [0.5, 0.6) is 6.01 Å². The van der Waals surface area contributed by atoms with Crippen LogP contribution in [0.4, 0.5) is 11.9 Å². The molecule has 19 heavy (non-hydrogen) atoms. The number of rotatable bonds is 5. The van der Waals surface area contributed by atoms with Crippen LogP contribution in [0, 0.1) is 0 Å². The summed E-state index contributed by atoms with van der Waals surface area (Å²) < 4.78 is 5.70.